The molecule has 2 aromatic carbocycles. The van der Waals surface area contributed by atoms with E-state index in [1.165, 1.54) is 12.3 Å². The minimum Gasteiger partial charge on any atom is -0.507 e. The fourth-order valence-corrected chi connectivity index (χ4v) is 2.06. The van der Waals surface area contributed by atoms with Crippen molar-refractivity contribution in [1.82, 2.24) is 5.43 Å². The maximum atomic E-state index is 11.8. The highest BCUT2D eigenvalue weighted by atomic mass is 79.9. The summed E-state index contributed by atoms with van der Waals surface area (Å²) in [6.07, 6.45) is 1.54. The van der Waals surface area contributed by atoms with Crippen LogP contribution in [-0.2, 0) is 0 Å². The zero-order valence-electron chi connectivity index (χ0n) is 10.8. The number of hydrazone groups is 1. The first-order valence-electron chi connectivity index (χ1n) is 5.95. The van der Waals surface area contributed by atoms with Gasteiger partial charge in [-0.2, -0.15) is 5.10 Å². The van der Waals surface area contributed by atoms with Crippen molar-refractivity contribution >= 4 is 28.1 Å². The molecule has 2 N–H and O–H groups in total. The van der Waals surface area contributed by atoms with Crippen LogP contribution in [0.3, 0.4) is 0 Å². The Hall–Kier alpha value is -2.14. The fourth-order valence-electron chi connectivity index (χ4n) is 1.65. The topological polar surface area (TPSA) is 61.7 Å². The second kappa shape index (κ2) is 6.34. The minimum atomic E-state index is -0.450. The van der Waals surface area contributed by atoms with E-state index in [0.717, 1.165) is 15.6 Å². The molecule has 102 valence electrons. The molecule has 1 amide bonds. The predicted octanol–water partition coefficient (Wildman–Crippen LogP) is 3.23. The van der Waals surface area contributed by atoms with Gasteiger partial charge in [0.25, 0.3) is 5.91 Å². The maximum Gasteiger partial charge on any atom is 0.275 e. The largest absolute Gasteiger partial charge is 0.507 e. The number of benzene rings is 2. The fraction of sp³-hybridized carbons (Fsp3) is 0.0667. The Morgan fingerprint density at radius 2 is 2.10 bits per heavy atom. The number of hydrogen-bond donors (Lipinski definition) is 2. The summed E-state index contributed by atoms with van der Waals surface area (Å²) in [6, 6.07) is 12.4. The number of aryl methyl sites for hydroxylation is 1. The highest BCUT2D eigenvalue weighted by Gasteiger charge is 2.09. The zero-order chi connectivity index (χ0) is 14.5. The molecule has 2 aromatic rings. The number of nitrogens with one attached hydrogen (secondary N) is 1. The standard InChI is InChI=1S/C15H13BrN2O2/c1-10-5-6-13(14(19)7-10)15(20)18-17-9-11-3-2-4-12(16)8-11/h2-9,19H,1H3,(H,18,20)/b17-9+. The van der Waals surface area contributed by atoms with Crippen LogP contribution in [0.5, 0.6) is 5.75 Å². The van der Waals surface area contributed by atoms with Crippen molar-refractivity contribution in [2.24, 2.45) is 5.10 Å². The molecule has 0 aliphatic carbocycles. The van der Waals surface area contributed by atoms with Crippen LogP contribution in [0.4, 0.5) is 0 Å². The van der Waals surface area contributed by atoms with Gasteiger partial charge in [-0.25, -0.2) is 5.43 Å². The average Bonchev–Trinajstić information content (AvgIpc) is 2.38. The third-order valence-electron chi connectivity index (χ3n) is 2.63. The lowest BCUT2D eigenvalue weighted by Crippen LogP contribution is -2.17. The molecule has 20 heavy (non-hydrogen) atoms. The Morgan fingerprint density at radius 1 is 1.30 bits per heavy atom. The molecule has 0 spiro atoms. The predicted molar refractivity (Wildman–Crippen MR) is 82.0 cm³/mol. The molecule has 0 saturated carbocycles. The number of hydrogen-bond acceptors (Lipinski definition) is 3. The Kier molecular flexibility index (Phi) is 4.53. The number of nitrogens with zero attached hydrogens (tertiary/aromatic N) is 1. The van der Waals surface area contributed by atoms with Crippen molar-refractivity contribution < 1.29 is 9.90 Å². The molecule has 0 aliphatic rings. The van der Waals surface area contributed by atoms with Crippen LogP contribution in [0.1, 0.15) is 21.5 Å². The first-order valence-corrected chi connectivity index (χ1v) is 6.74. The summed E-state index contributed by atoms with van der Waals surface area (Å²) in [4.78, 5) is 11.8. The van der Waals surface area contributed by atoms with E-state index in [1.807, 2.05) is 31.2 Å². The summed E-state index contributed by atoms with van der Waals surface area (Å²) in [5.74, 6) is -0.506. The van der Waals surface area contributed by atoms with Gasteiger partial charge in [0.05, 0.1) is 11.8 Å². The number of phenolic OH excluding ortho intramolecular Hbond substituents is 1. The Morgan fingerprint density at radius 3 is 2.80 bits per heavy atom. The molecule has 0 atom stereocenters. The second-order valence-electron chi connectivity index (χ2n) is 4.27. The first-order chi connectivity index (χ1) is 9.56. The van der Waals surface area contributed by atoms with E-state index < -0.39 is 5.91 Å². The van der Waals surface area contributed by atoms with Gasteiger partial charge >= 0.3 is 0 Å². The van der Waals surface area contributed by atoms with Crippen LogP contribution in [0.2, 0.25) is 0 Å². The highest BCUT2D eigenvalue weighted by molar-refractivity contribution is 9.10. The molecule has 0 unspecified atom stereocenters. The van der Waals surface area contributed by atoms with Crippen molar-refractivity contribution in [3.63, 3.8) is 0 Å². The number of halogens is 1. The van der Waals surface area contributed by atoms with Gasteiger partial charge in [-0.15, -0.1) is 0 Å². The smallest absolute Gasteiger partial charge is 0.275 e. The normalized spacial score (nSPS) is 10.7. The summed E-state index contributed by atoms with van der Waals surface area (Å²) < 4.78 is 0.934. The van der Waals surface area contributed by atoms with Crippen LogP contribution >= 0.6 is 15.9 Å². The molecule has 0 fully saturated rings. The Bertz CT molecular complexity index is 669. The summed E-state index contributed by atoms with van der Waals surface area (Å²) >= 11 is 3.35. The van der Waals surface area contributed by atoms with Crippen LogP contribution in [-0.4, -0.2) is 17.2 Å². The molecule has 0 aromatic heterocycles. The molecule has 0 aliphatic heterocycles. The molecule has 4 nitrogen and oxygen atoms in total. The van der Waals surface area contributed by atoms with Crippen LogP contribution in [0.25, 0.3) is 0 Å². The highest BCUT2D eigenvalue weighted by Crippen LogP contribution is 2.18. The third-order valence-corrected chi connectivity index (χ3v) is 3.12. The summed E-state index contributed by atoms with van der Waals surface area (Å²) in [7, 11) is 0. The second-order valence-corrected chi connectivity index (χ2v) is 5.19. The van der Waals surface area contributed by atoms with Gasteiger partial charge in [0.15, 0.2) is 0 Å². The zero-order valence-corrected chi connectivity index (χ0v) is 12.4. The van der Waals surface area contributed by atoms with Gasteiger partial charge in [-0.05, 0) is 42.3 Å². The minimum absolute atomic E-state index is 0.0554. The van der Waals surface area contributed by atoms with E-state index in [0.29, 0.717) is 0 Å². The van der Waals surface area contributed by atoms with E-state index in [4.69, 9.17) is 0 Å². The monoisotopic (exact) mass is 332 g/mol. The van der Waals surface area contributed by atoms with Gasteiger partial charge < -0.3 is 5.11 Å². The van der Waals surface area contributed by atoms with Gasteiger partial charge in [-0.1, -0.05) is 34.1 Å². The quantitative estimate of drug-likeness (QED) is 0.669. The van der Waals surface area contributed by atoms with Crippen LogP contribution < -0.4 is 5.43 Å². The molecular formula is C15H13BrN2O2. The molecule has 0 bridgehead atoms. The van der Waals surface area contributed by atoms with E-state index in [9.17, 15) is 9.90 Å². The van der Waals surface area contributed by atoms with E-state index in [2.05, 4.69) is 26.5 Å². The third kappa shape index (κ3) is 3.68. The van der Waals surface area contributed by atoms with Gasteiger partial charge in [-0.3, -0.25) is 4.79 Å². The van der Waals surface area contributed by atoms with Crippen molar-refractivity contribution in [2.75, 3.05) is 0 Å². The van der Waals surface area contributed by atoms with Gasteiger partial charge in [0.2, 0.25) is 0 Å². The summed E-state index contributed by atoms with van der Waals surface area (Å²) in [5, 5.41) is 13.6. The summed E-state index contributed by atoms with van der Waals surface area (Å²) in [5.41, 5.74) is 4.32. The van der Waals surface area contributed by atoms with E-state index >= 15 is 0 Å². The number of phenols is 1. The van der Waals surface area contributed by atoms with Gasteiger partial charge in [0.1, 0.15) is 5.75 Å². The molecule has 0 saturated heterocycles. The lowest BCUT2D eigenvalue weighted by molar-refractivity contribution is 0.0952. The van der Waals surface area contributed by atoms with E-state index in [-0.39, 0.29) is 11.3 Å². The van der Waals surface area contributed by atoms with Crippen LogP contribution in [0, 0.1) is 6.92 Å². The Labute approximate surface area is 125 Å². The molecular weight excluding hydrogens is 320 g/mol. The number of carbonyl (C=O) groups excluding carboxylic acids is 1. The average molecular weight is 333 g/mol. The van der Waals surface area contributed by atoms with Crippen molar-refractivity contribution in [1.29, 1.82) is 0 Å². The number of rotatable bonds is 3. The lowest BCUT2D eigenvalue weighted by Gasteiger charge is -2.03. The number of amides is 1. The molecule has 0 heterocycles. The SMILES string of the molecule is Cc1ccc(C(=O)N/N=C/c2cccc(Br)c2)c(O)c1. The maximum absolute atomic E-state index is 11.8. The van der Waals surface area contributed by atoms with Crippen LogP contribution in [0.15, 0.2) is 52.0 Å². The van der Waals surface area contributed by atoms with Crippen molar-refractivity contribution in [2.45, 2.75) is 6.92 Å². The molecule has 2 rings (SSSR count). The lowest BCUT2D eigenvalue weighted by atomic mass is 10.1. The van der Waals surface area contributed by atoms with Gasteiger partial charge in [0, 0.05) is 4.47 Å². The molecule has 0 radical (unpaired) electrons. The van der Waals surface area contributed by atoms with Crippen molar-refractivity contribution in [3.05, 3.63) is 63.6 Å². The number of carbonyl (C=O) groups is 1. The Balaban J connectivity index is 2.05. The van der Waals surface area contributed by atoms with Crippen molar-refractivity contribution in [3.8, 4) is 5.75 Å². The molecule has 5 heteroatoms. The first kappa shape index (κ1) is 14.3. The summed E-state index contributed by atoms with van der Waals surface area (Å²) in [6.45, 7) is 1.84. The van der Waals surface area contributed by atoms with E-state index in [1.54, 1.807) is 12.1 Å². The number of aromatic hydroxyl groups is 1.